The number of nitrogens with zero attached hydrogens (tertiary/aromatic N) is 4. The van der Waals surface area contributed by atoms with Crippen molar-refractivity contribution in [2.45, 2.75) is 70.3 Å². The maximum absolute atomic E-state index is 14.8. The fourth-order valence-electron chi connectivity index (χ4n) is 4.65. The van der Waals surface area contributed by atoms with Crippen LogP contribution in [0.4, 0.5) is 25.3 Å². The largest absolute Gasteiger partial charge is 0.392 e. The first kappa shape index (κ1) is 27.7. The Morgan fingerprint density at radius 1 is 1.18 bits per heavy atom. The Hall–Kier alpha value is -3.28. The number of rotatable bonds is 9. The van der Waals surface area contributed by atoms with E-state index in [9.17, 15) is 13.6 Å². The topological polar surface area (TPSA) is 114 Å². The summed E-state index contributed by atoms with van der Waals surface area (Å²) in [7, 11) is 1.51. The summed E-state index contributed by atoms with van der Waals surface area (Å²) in [6.45, 7) is 6.14. The fraction of sp³-hybridized carbons (Fsp3) is 0.615. The van der Waals surface area contributed by atoms with Crippen LogP contribution in [0, 0.1) is 11.6 Å². The van der Waals surface area contributed by atoms with Crippen LogP contribution in [0.5, 0.6) is 0 Å². The Bertz CT molecular complexity index is 1110. The molecule has 0 spiro atoms. The average molecular weight is 535 g/mol. The number of urea groups is 1. The monoisotopic (exact) mass is 534 g/mol. The second-order valence-electron chi connectivity index (χ2n) is 10.0. The van der Waals surface area contributed by atoms with Crippen molar-refractivity contribution >= 4 is 23.4 Å². The molecular formula is C26H36F2N6O4. The van der Waals surface area contributed by atoms with Crippen LogP contribution in [0.3, 0.4) is 0 Å². The quantitative estimate of drug-likeness (QED) is 0.346. The molecule has 2 aliphatic rings. The Kier molecular flexibility index (Phi) is 9.48. The van der Waals surface area contributed by atoms with Crippen LogP contribution in [-0.4, -0.2) is 61.3 Å². The molecule has 1 aromatic carbocycles. The smallest absolute Gasteiger partial charge is 0.324 e. The predicted octanol–water partition coefficient (Wildman–Crippen LogP) is 4.94. The lowest BCUT2D eigenvalue weighted by molar-refractivity contribution is 0.0401. The molecule has 1 aliphatic carbocycles. The summed E-state index contributed by atoms with van der Waals surface area (Å²) in [6, 6.07) is 2.16. The van der Waals surface area contributed by atoms with E-state index in [-0.39, 0.29) is 30.2 Å². The van der Waals surface area contributed by atoms with Gasteiger partial charge in [-0.2, -0.15) is 4.98 Å². The minimum Gasteiger partial charge on any atom is -0.392 e. The number of halogens is 2. The normalized spacial score (nSPS) is 18.5. The third-order valence-corrected chi connectivity index (χ3v) is 6.92. The molecule has 1 aliphatic heterocycles. The predicted molar refractivity (Wildman–Crippen MR) is 139 cm³/mol. The van der Waals surface area contributed by atoms with E-state index >= 15 is 0 Å². The van der Waals surface area contributed by atoms with Gasteiger partial charge in [0.25, 0.3) is 0 Å². The highest BCUT2D eigenvalue weighted by Gasteiger charge is 2.27. The molecule has 38 heavy (non-hydrogen) atoms. The van der Waals surface area contributed by atoms with Gasteiger partial charge in [-0.3, -0.25) is 0 Å². The van der Waals surface area contributed by atoms with Crippen molar-refractivity contribution in [3.05, 3.63) is 35.2 Å². The summed E-state index contributed by atoms with van der Waals surface area (Å²) in [5, 5.41) is 13.3. The molecule has 2 aromatic rings. The number of carbonyl (C=O) groups excluding carboxylic acids is 1. The molecule has 12 heteroatoms. The number of piperidine rings is 1. The van der Waals surface area contributed by atoms with Gasteiger partial charge < -0.3 is 29.6 Å². The number of hydrogen-bond acceptors (Lipinski definition) is 8. The van der Waals surface area contributed by atoms with Crippen LogP contribution < -0.4 is 15.5 Å². The van der Waals surface area contributed by atoms with Crippen LogP contribution in [0.25, 0.3) is 0 Å². The van der Waals surface area contributed by atoms with E-state index in [1.165, 1.54) is 13.2 Å². The van der Waals surface area contributed by atoms with Crippen LogP contribution >= 0.6 is 0 Å². The van der Waals surface area contributed by atoms with Crippen molar-refractivity contribution in [1.82, 2.24) is 15.5 Å². The molecule has 208 valence electrons. The highest BCUT2D eigenvalue weighted by Crippen LogP contribution is 2.35. The van der Waals surface area contributed by atoms with E-state index in [0.717, 1.165) is 37.7 Å². The Morgan fingerprint density at radius 3 is 2.58 bits per heavy atom. The number of aromatic nitrogens is 2. The van der Waals surface area contributed by atoms with Gasteiger partial charge in [0.1, 0.15) is 17.7 Å². The average Bonchev–Trinajstić information content (AvgIpc) is 3.41. The van der Waals surface area contributed by atoms with Gasteiger partial charge in [0.05, 0.1) is 18.0 Å². The van der Waals surface area contributed by atoms with Crippen molar-refractivity contribution in [1.29, 1.82) is 0 Å². The molecule has 4 rings (SSSR count). The number of benzene rings is 1. The molecular weight excluding hydrogens is 498 g/mol. The van der Waals surface area contributed by atoms with Gasteiger partial charge in [0, 0.05) is 51.6 Å². The van der Waals surface area contributed by atoms with E-state index in [4.69, 9.17) is 14.1 Å². The summed E-state index contributed by atoms with van der Waals surface area (Å²) in [5.41, 5.74) is 1.06. The summed E-state index contributed by atoms with van der Waals surface area (Å²) in [5.74, 6) is -0.402. The van der Waals surface area contributed by atoms with Crippen molar-refractivity contribution in [2.24, 2.45) is 5.16 Å². The zero-order valence-electron chi connectivity index (χ0n) is 22.1. The van der Waals surface area contributed by atoms with Crippen molar-refractivity contribution in [3.8, 4) is 0 Å². The second kappa shape index (κ2) is 13.0. The Labute approximate surface area is 221 Å². The van der Waals surface area contributed by atoms with Gasteiger partial charge >= 0.3 is 12.0 Å². The van der Waals surface area contributed by atoms with E-state index in [0.29, 0.717) is 49.7 Å². The fourth-order valence-corrected chi connectivity index (χ4v) is 4.65. The molecule has 0 unspecified atom stereocenters. The van der Waals surface area contributed by atoms with Crippen LogP contribution in [0.1, 0.15) is 75.6 Å². The SMILES string of the molecule is COCCNC(=O)Nc1cc(F)c(C2CCC(=NOC3CCN(c4nc(C(C)C)no4)CC3)CC2)cc1F. The van der Waals surface area contributed by atoms with Gasteiger partial charge in [-0.1, -0.05) is 24.2 Å². The molecule has 2 heterocycles. The van der Waals surface area contributed by atoms with E-state index in [2.05, 4.69) is 30.8 Å². The number of oxime groups is 1. The highest BCUT2D eigenvalue weighted by atomic mass is 19.1. The highest BCUT2D eigenvalue weighted by molar-refractivity contribution is 5.89. The molecule has 1 saturated carbocycles. The molecule has 2 N–H and O–H groups in total. The van der Waals surface area contributed by atoms with Gasteiger partial charge in [-0.05, 0) is 43.2 Å². The van der Waals surface area contributed by atoms with Crippen LogP contribution in [0.2, 0.25) is 0 Å². The standard InChI is InChI=1S/C26H36F2N6O4/c1-16(2)24-31-26(38-33-24)34-11-8-19(9-12-34)37-32-18-6-4-17(5-7-18)20-14-22(28)23(15-21(20)27)30-25(35)29-10-13-36-3/h14-17,19H,4-13H2,1-3H3,(H2,29,30,35). The van der Waals surface area contributed by atoms with E-state index in [1.54, 1.807) is 0 Å². The maximum atomic E-state index is 14.8. The third kappa shape index (κ3) is 7.18. The minimum absolute atomic E-state index is 0.0160. The molecule has 1 saturated heterocycles. The zero-order chi connectivity index (χ0) is 27.1. The van der Waals surface area contributed by atoms with Gasteiger partial charge in [-0.25, -0.2) is 13.6 Å². The number of methoxy groups -OCH3 is 1. The van der Waals surface area contributed by atoms with E-state index < -0.39 is 17.7 Å². The van der Waals surface area contributed by atoms with Crippen LogP contribution in [0.15, 0.2) is 21.8 Å². The Morgan fingerprint density at radius 2 is 1.92 bits per heavy atom. The molecule has 2 amide bonds. The number of ether oxygens (including phenoxy) is 1. The lowest BCUT2D eigenvalue weighted by atomic mass is 9.83. The summed E-state index contributed by atoms with van der Waals surface area (Å²) in [4.78, 5) is 24.2. The first-order valence-corrected chi connectivity index (χ1v) is 13.2. The molecule has 0 radical (unpaired) electrons. The summed E-state index contributed by atoms with van der Waals surface area (Å²) in [6.07, 6.45) is 4.23. The zero-order valence-corrected chi connectivity index (χ0v) is 22.1. The van der Waals surface area contributed by atoms with Crippen molar-refractivity contribution < 1.29 is 27.7 Å². The lowest BCUT2D eigenvalue weighted by Gasteiger charge is -2.29. The van der Waals surface area contributed by atoms with Crippen molar-refractivity contribution in [3.63, 3.8) is 0 Å². The number of anilines is 2. The number of carbonyl (C=O) groups is 1. The first-order chi connectivity index (χ1) is 18.3. The molecule has 1 aromatic heterocycles. The van der Waals surface area contributed by atoms with Crippen LogP contribution in [-0.2, 0) is 9.57 Å². The van der Waals surface area contributed by atoms with Gasteiger partial charge in [0.15, 0.2) is 5.82 Å². The van der Waals surface area contributed by atoms with Gasteiger partial charge in [-0.15, -0.1) is 0 Å². The third-order valence-electron chi connectivity index (χ3n) is 6.92. The minimum atomic E-state index is -0.668. The van der Waals surface area contributed by atoms with Crippen molar-refractivity contribution in [2.75, 3.05) is 43.6 Å². The second-order valence-corrected chi connectivity index (χ2v) is 10.0. The Balaban J connectivity index is 1.23. The first-order valence-electron chi connectivity index (χ1n) is 13.2. The molecule has 0 bridgehead atoms. The van der Waals surface area contributed by atoms with Gasteiger partial charge in [0.2, 0.25) is 0 Å². The lowest BCUT2D eigenvalue weighted by Crippen LogP contribution is -2.36. The van der Waals surface area contributed by atoms with E-state index in [1.807, 2.05) is 13.8 Å². The maximum Gasteiger partial charge on any atom is 0.324 e. The number of amides is 2. The summed E-state index contributed by atoms with van der Waals surface area (Å²) >= 11 is 0. The number of hydrogen-bond donors (Lipinski definition) is 2. The summed E-state index contributed by atoms with van der Waals surface area (Å²) < 4.78 is 39.7. The molecule has 0 atom stereocenters. The molecule has 2 fully saturated rings. The molecule has 10 nitrogen and oxygen atoms in total. The number of nitrogens with one attached hydrogen (secondary N) is 2.